The fourth-order valence-electron chi connectivity index (χ4n) is 2.73. The number of nitrogens with zero attached hydrogens (tertiary/aromatic N) is 2. The highest BCUT2D eigenvalue weighted by molar-refractivity contribution is 6.09. The summed E-state index contributed by atoms with van der Waals surface area (Å²) in [5, 5.41) is 13.8. The molecule has 1 N–H and O–H groups in total. The molecule has 1 fully saturated rings. The van der Waals surface area contributed by atoms with Crippen LogP contribution in [0.4, 0.5) is 0 Å². The van der Waals surface area contributed by atoms with Crippen LogP contribution in [0.15, 0.2) is 35.5 Å². The molecule has 1 unspecified atom stereocenters. The Bertz CT molecular complexity index is 532. The maximum Gasteiger partial charge on any atom is 0.321 e. The minimum Gasteiger partial charge on any atom is -0.465 e. The van der Waals surface area contributed by atoms with Gasteiger partial charge < -0.3 is 14.7 Å². The summed E-state index contributed by atoms with van der Waals surface area (Å²) in [6.07, 6.45) is 0. The largest absolute Gasteiger partial charge is 0.465 e. The molecule has 1 atom stereocenters. The third-order valence-corrected chi connectivity index (χ3v) is 3.81. The first kappa shape index (κ1) is 16.5. The molecule has 1 aliphatic rings. The molecule has 6 heteroatoms. The van der Waals surface area contributed by atoms with Crippen molar-refractivity contribution in [3.05, 3.63) is 35.9 Å². The van der Waals surface area contributed by atoms with Crippen molar-refractivity contribution in [3.63, 3.8) is 0 Å². The van der Waals surface area contributed by atoms with E-state index in [1.807, 2.05) is 30.3 Å². The zero-order valence-electron chi connectivity index (χ0n) is 13.0. The van der Waals surface area contributed by atoms with Crippen LogP contribution in [0.2, 0.25) is 0 Å². The number of carbonyl (C=O) groups is 1. The number of esters is 1. The van der Waals surface area contributed by atoms with E-state index < -0.39 is 11.4 Å². The van der Waals surface area contributed by atoms with E-state index in [1.54, 1.807) is 6.92 Å². The molecule has 0 aliphatic carbocycles. The van der Waals surface area contributed by atoms with E-state index in [-0.39, 0.29) is 13.2 Å². The highest BCUT2D eigenvalue weighted by Crippen LogP contribution is 2.31. The number of ether oxygens (including phenoxy) is 1. The number of carbonyl (C=O) groups excluding carboxylic acids is 1. The van der Waals surface area contributed by atoms with E-state index in [0.717, 1.165) is 5.56 Å². The molecule has 1 aliphatic heterocycles. The molecule has 0 radical (unpaired) electrons. The van der Waals surface area contributed by atoms with Crippen LogP contribution >= 0.6 is 0 Å². The second kappa shape index (κ2) is 7.38. The lowest BCUT2D eigenvalue weighted by Crippen LogP contribution is -2.44. The Labute approximate surface area is 130 Å². The fourth-order valence-corrected chi connectivity index (χ4v) is 2.73. The van der Waals surface area contributed by atoms with Crippen molar-refractivity contribution in [1.29, 1.82) is 0 Å². The van der Waals surface area contributed by atoms with Crippen LogP contribution in [0.1, 0.15) is 12.5 Å². The van der Waals surface area contributed by atoms with E-state index >= 15 is 0 Å². The second-order valence-corrected chi connectivity index (χ2v) is 5.31. The van der Waals surface area contributed by atoms with Gasteiger partial charge in [-0.1, -0.05) is 35.5 Å². The Morgan fingerprint density at radius 3 is 2.73 bits per heavy atom. The summed E-state index contributed by atoms with van der Waals surface area (Å²) in [7, 11) is 1.43. The van der Waals surface area contributed by atoms with Gasteiger partial charge in [0.25, 0.3) is 0 Å². The van der Waals surface area contributed by atoms with Crippen molar-refractivity contribution in [3.8, 4) is 0 Å². The maximum absolute atomic E-state index is 12.3. The number of hydrogen-bond donors (Lipinski definition) is 1. The van der Waals surface area contributed by atoms with Crippen molar-refractivity contribution < 1.29 is 19.5 Å². The quantitative estimate of drug-likeness (QED) is 0.628. The van der Waals surface area contributed by atoms with E-state index in [2.05, 4.69) is 10.1 Å². The molecular formula is C16H22N2O4. The van der Waals surface area contributed by atoms with Crippen LogP contribution in [-0.2, 0) is 20.9 Å². The summed E-state index contributed by atoms with van der Waals surface area (Å²) in [5.41, 5.74) is 0.504. The number of likely N-dealkylation sites (tertiary alicyclic amines) is 1. The minimum absolute atomic E-state index is 0.263. The number of benzene rings is 1. The van der Waals surface area contributed by atoms with Crippen molar-refractivity contribution >= 4 is 11.7 Å². The zero-order chi connectivity index (χ0) is 16.0. The standard InChI is InChI=1S/C16H22N2O4/c1-3-22-15(20)16(12-19)11-18(10-14(16)17-21-2)9-13-7-5-4-6-8-13/h4-8,19H,3,9-12H2,1-2H3. The molecule has 1 aromatic rings. The summed E-state index contributed by atoms with van der Waals surface area (Å²) in [6.45, 7) is 3.15. The molecular weight excluding hydrogens is 284 g/mol. The summed E-state index contributed by atoms with van der Waals surface area (Å²) < 4.78 is 5.13. The normalized spacial score (nSPS) is 23.7. The number of rotatable bonds is 6. The van der Waals surface area contributed by atoms with Crippen LogP contribution < -0.4 is 0 Å². The van der Waals surface area contributed by atoms with Crippen LogP contribution in [0.5, 0.6) is 0 Å². The summed E-state index contributed by atoms with van der Waals surface area (Å²) in [6, 6.07) is 9.95. The third kappa shape index (κ3) is 3.28. The molecule has 0 aromatic heterocycles. The lowest BCUT2D eigenvalue weighted by atomic mass is 9.86. The third-order valence-electron chi connectivity index (χ3n) is 3.81. The molecule has 0 spiro atoms. The van der Waals surface area contributed by atoms with E-state index in [9.17, 15) is 9.90 Å². The molecule has 0 amide bonds. The van der Waals surface area contributed by atoms with Crippen LogP contribution in [0.3, 0.4) is 0 Å². The van der Waals surface area contributed by atoms with Gasteiger partial charge in [-0.15, -0.1) is 0 Å². The van der Waals surface area contributed by atoms with E-state index in [4.69, 9.17) is 9.57 Å². The lowest BCUT2D eigenvalue weighted by molar-refractivity contribution is -0.153. The number of aliphatic hydroxyl groups excluding tert-OH is 1. The zero-order valence-corrected chi connectivity index (χ0v) is 13.0. The predicted octanol–water partition coefficient (Wildman–Crippen LogP) is 1.05. The van der Waals surface area contributed by atoms with Crippen molar-refractivity contribution in [2.45, 2.75) is 13.5 Å². The Morgan fingerprint density at radius 2 is 2.14 bits per heavy atom. The highest BCUT2D eigenvalue weighted by atomic mass is 16.6. The van der Waals surface area contributed by atoms with Gasteiger partial charge in [0.1, 0.15) is 12.5 Å². The lowest BCUT2D eigenvalue weighted by Gasteiger charge is -2.24. The van der Waals surface area contributed by atoms with Crippen LogP contribution in [-0.4, -0.2) is 55.1 Å². The molecule has 2 rings (SSSR count). The predicted molar refractivity (Wildman–Crippen MR) is 82.3 cm³/mol. The summed E-state index contributed by atoms with van der Waals surface area (Å²) in [5.74, 6) is -0.455. The first-order valence-electron chi connectivity index (χ1n) is 7.31. The van der Waals surface area contributed by atoms with Gasteiger partial charge in [0.15, 0.2) is 0 Å². The molecule has 1 heterocycles. The number of hydrogen-bond acceptors (Lipinski definition) is 6. The first-order valence-corrected chi connectivity index (χ1v) is 7.31. The molecule has 6 nitrogen and oxygen atoms in total. The maximum atomic E-state index is 12.3. The van der Waals surface area contributed by atoms with Crippen LogP contribution in [0, 0.1) is 5.41 Å². The Kier molecular flexibility index (Phi) is 5.51. The fraction of sp³-hybridized carbons (Fsp3) is 0.500. The van der Waals surface area contributed by atoms with Gasteiger partial charge in [-0.05, 0) is 12.5 Å². The highest BCUT2D eigenvalue weighted by Gasteiger charge is 2.51. The van der Waals surface area contributed by atoms with Crippen molar-refractivity contribution in [1.82, 2.24) is 4.90 Å². The molecule has 120 valence electrons. The minimum atomic E-state index is -1.14. The van der Waals surface area contributed by atoms with Gasteiger partial charge in [-0.25, -0.2) is 0 Å². The molecule has 0 bridgehead atoms. The number of oxime groups is 1. The van der Waals surface area contributed by atoms with Gasteiger partial charge >= 0.3 is 5.97 Å². The Balaban J connectivity index is 2.21. The average Bonchev–Trinajstić information content (AvgIpc) is 2.87. The van der Waals surface area contributed by atoms with E-state index in [1.165, 1.54) is 7.11 Å². The Hall–Kier alpha value is -1.92. The topological polar surface area (TPSA) is 71.4 Å². The van der Waals surface area contributed by atoms with Gasteiger partial charge in [0, 0.05) is 19.6 Å². The number of aliphatic hydroxyl groups is 1. The van der Waals surface area contributed by atoms with Gasteiger partial charge in [0.2, 0.25) is 0 Å². The van der Waals surface area contributed by atoms with Gasteiger partial charge in [-0.3, -0.25) is 9.69 Å². The van der Waals surface area contributed by atoms with Gasteiger partial charge in [0.05, 0.1) is 18.9 Å². The molecule has 1 saturated heterocycles. The smallest absolute Gasteiger partial charge is 0.321 e. The van der Waals surface area contributed by atoms with Gasteiger partial charge in [-0.2, -0.15) is 0 Å². The van der Waals surface area contributed by atoms with Crippen molar-refractivity contribution in [2.24, 2.45) is 10.6 Å². The van der Waals surface area contributed by atoms with Crippen molar-refractivity contribution in [2.75, 3.05) is 33.4 Å². The van der Waals surface area contributed by atoms with Crippen LogP contribution in [0.25, 0.3) is 0 Å². The first-order chi connectivity index (χ1) is 10.7. The molecule has 22 heavy (non-hydrogen) atoms. The monoisotopic (exact) mass is 306 g/mol. The summed E-state index contributed by atoms with van der Waals surface area (Å²) >= 11 is 0. The second-order valence-electron chi connectivity index (χ2n) is 5.31. The summed E-state index contributed by atoms with van der Waals surface area (Å²) in [4.78, 5) is 19.2. The average molecular weight is 306 g/mol. The molecule has 0 saturated carbocycles. The Morgan fingerprint density at radius 1 is 1.41 bits per heavy atom. The van der Waals surface area contributed by atoms with E-state index in [0.29, 0.717) is 25.3 Å². The molecule has 1 aromatic carbocycles. The SMILES string of the molecule is CCOC(=O)C1(CO)CN(Cc2ccccc2)CC1=NOC.